The van der Waals surface area contributed by atoms with Crippen molar-refractivity contribution in [2.45, 2.75) is 18.2 Å². The number of nitrogens with one attached hydrogen (secondary N) is 1. The number of anilines is 1. The molecule has 0 aliphatic heterocycles. The van der Waals surface area contributed by atoms with Crippen LogP contribution in [-0.4, -0.2) is 35.8 Å². The minimum atomic E-state index is -0.677. The fourth-order valence-electron chi connectivity index (χ4n) is 2.24. The predicted octanol–water partition coefficient (Wildman–Crippen LogP) is 4.31. The number of ether oxygens (including phenoxy) is 2. The van der Waals surface area contributed by atoms with Crippen LogP contribution in [0.5, 0.6) is 5.75 Å². The highest BCUT2D eigenvalue weighted by molar-refractivity contribution is 7.99. The first-order chi connectivity index (χ1) is 13.9. The molecule has 0 bridgehead atoms. The first kappa shape index (κ1) is 22.5. The van der Waals surface area contributed by atoms with Gasteiger partial charge < -0.3 is 14.8 Å². The van der Waals surface area contributed by atoms with E-state index in [-0.39, 0.29) is 17.8 Å². The van der Waals surface area contributed by atoms with Crippen molar-refractivity contribution < 1.29 is 24.0 Å². The lowest BCUT2D eigenvalue weighted by molar-refractivity contribution is -0.384. The summed E-state index contributed by atoms with van der Waals surface area (Å²) in [5.41, 5.74) is -0.319. The molecule has 0 saturated carbocycles. The fraction of sp³-hybridized carbons (Fsp3) is 0.263. The quantitative estimate of drug-likeness (QED) is 0.255. The number of esters is 1. The maximum absolute atomic E-state index is 12.0. The largest absolute Gasteiger partial charge is 0.494 e. The summed E-state index contributed by atoms with van der Waals surface area (Å²) in [6, 6.07) is 11.3. The second kappa shape index (κ2) is 11.3. The number of thioether (sulfide) groups is 1. The van der Waals surface area contributed by atoms with E-state index in [2.05, 4.69) is 5.32 Å². The molecule has 154 valence electrons. The SMILES string of the molecule is CCOc1ccc(NC(=O)COC(=O)CCSc2ccccc2Cl)c([N+](=O)[O-])c1. The van der Waals surface area contributed by atoms with Gasteiger partial charge in [0.15, 0.2) is 6.61 Å². The van der Waals surface area contributed by atoms with E-state index < -0.39 is 23.4 Å². The molecule has 2 rings (SSSR count). The fourth-order valence-corrected chi connectivity index (χ4v) is 3.40. The van der Waals surface area contributed by atoms with Crippen LogP contribution in [0, 0.1) is 10.1 Å². The van der Waals surface area contributed by atoms with E-state index in [1.165, 1.54) is 30.0 Å². The van der Waals surface area contributed by atoms with Crippen molar-refractivity contribution in [3.05, 3.63) is 57.6 Å². The Hall–Kier alpha value is -2.78. The van der Waals surface area contributed by atoms with E-state index >= 15 is 0 Å². The van der Waals surface area contributed by atoms with Gasteiger partial charge in [0.1, 0.15) is 11.4 Å². The number of carbonyl (C=O) groups is 2. The summed E-state index contributed by atoms with van der Waals surface area (Å²) in [7, 11) is 0. The summed E-state index contributed by atoms with van der Waals surface area (Å²) >= 11 is 7.44. The molecule has 1 N–H and O–H groups in total. The van der Waals surface area contributed by atoms with Crippen LogP contribution in [0.1, 0.15) is 13.3 Å². The average Bonchev–Trinajstić information content (AvgIpc) is 2.69. The van der Waals surface area contributed by atoms with Crippen molar-refractivity contribution in [2.24, 2.45) is 0 Å². The molecule has 0 atom stereocenters. The number of nitro groups is 1. The van der Waals surface area contributed by atoms with Crippen LogP contribution >= 0.6 is 23.4 Å². The Morgan fingerprint density at radius 3 is 2.69 bits per heavy atom. The summed E-state index contributed by atoms with van der Waals surface area (Å²) in [4.78, 5) is 35.2. The van der Waals surface area contributed by atoms with Crippen molar-refractivity contribution in [1.82, 2.24) is 0 Å². The molecule has 0 heterocycles. The van der Waals surface area contributed by atoms with E-state index in [4.69, 9.17) is 21.1 Å². The maximum atomic E-state index is 12.0. The number of benzene rings is 2. The van der Waals surface area contributed by atoms with Gasteiger partial charge in [-0.2, -0.15) is 0 Å². The molecule has 0 saturated heterocycles. The van der Waals surface area contributed by atoms with Gasteiger partial charge in [0.2, 0.25) is 0 Å². The highest BCUT2D eigenvalue weighted by Crippen LogP contribution is 2.29. The summed E-state index contributed by atoms with van der Waals surface area (Å²) < 4.78 is 10.1. The summed E-state index contributed by atoms with van der Waals surface area (Å²) in [6.07, 6.45) is 0.0897. The molecule has 2 aromatic carbocycles. The second-order valence-corrected chi connectivity index (χ2v) is 7.15. The molecule has 0 aromatic heterocycles. The monoisotopic (exact) mass is 438 g/mol. The van der Waals surface area contributed by atoms with Gasteiger partial charge >= 0.3 is 5.97 Å². The summed E-state index contributed by atoms with van der Waals surface area (Å²) in [6.45, 7) is 1.57. The Labute approximate surface area is 176 Å². The van der Waals surface area contributed by atoms with Crippen molar-refractivity contribution in [2.75, 3.05) is 24.3 Å². The molecular weight excluding hydrogens is 420 g/mol. The lowest BCUT2D eigenvalue weighted by Gasteiger charge is -2.09. The van der Waals surface area contributed by atoms with Crippen LogP contribution in [0.15, 0.2) is 47.4 Å². The Bertz CT molecular complexity index is 893. The van der Waals surface area contributed by atoms with Crippen molar-refractivity contribution in [3.63, 3.8) is 0 Å². The molecule has 0 unspecified atom stereocenters. The third kappa shape index (κ3) is 7.28. The first-order valence-corrected chi connectivity index (χ1v) is 10.0. The molecule has 0 fully saturated rings. The molecule has 10 heteroatoms. The van der Waals surface area contributed by atoms with Gasteiger partial charge in [0.05, 0.1) is 29.0 Å². The number of nitro benzene ring substituents is 1. The Morgan fingerprint density at radius 1 is 1.24 bits per heavy atom. The van der Waals surface area contributed by atoms with E-state index in [0.717, 1.165) is 4.90 Å². The van der Waals surface area contributed by atoms with E-state index in [0.29, 0.717) is 23.1 Å². The zero-order valence-electron chi connectivity index (χ0n) is 15.6. The highest BCUT2D eigenvalue weighted by atomic mass is 35.5. The number of hydrogen-bond acceptors (Lipinski definition) is 7. The number of rotatable bonds is 10. The molecule has 1 amide bonds. The molecular formula is C19H19ClN2O6S. The van der Waals surface area contributed by atoms with Gasteiger partial charge in [-0.15, -0.1) is 11.8 Å². The molecule has 2 aromatic rings. The van der Waals surface area contributed by atoms with Crippen LogP contribution in [0.4, 0.5) is 11.4 Å². The van der Waals surface area contributed by atoms with E-state index in [1.54, 1.807) is 13.0 Å². The predicted molar refractivity (Wildman–Crippen MR) is 111 cm³/mol. The zero-order valence-corrected chi connectivity index (χ0v) is 17.1. The number of nitrogens with zero attached hydrogens (tertiary/aromatic N) is 1. The molecule has 0 spiro atoms. The van der Waals surface area contributed by atoms with E-state index in [9.17, 15) is 19.7 Å². The number of amides is 1. The minimum Gasteiger partial charge on any atom is -0.494 e. The number of carbonyl (C=O) groups excluding carboxylic acids is 2. The molecule has 8 nitrogen and oxygen atoms in total. The Kier molecular flexibility index (Phi) is 8.75. The Balaban J connectivity index is 1.81. The normalized spacial score (nSPS) is 10.3. The topological polar surface area (TPSA) is 108 Å². The smallest absolute Gasteiger partial charge is 0.307 e. The lowest BCUT2D eigenvalue weighted by atomic mass is 10.2. The van der Waals surface area contributed by atoms with Gasteiger partial charge in [-0.05, 0) is 31.2 Å². The third-order valence-corrected chi connectivity index (χ3v) is 5.03. The highest BCUT2D eigenvalue weighted by Gasteiger charge is 2.18. The third-order valence-electron chi connectivity index (χ3n) is 3.52. The van der Waals surface area contributed by atoms with Crippen molar-refractivity contribution >= 4 is 46.6 Å². The number of halogens is 1. The van der Waals surface area contributed by atoms with Gasteiger partial charge in [-0.25, -0.2) is 0 Å². The second-order valence-electron chi connectivity index (χ2n) is 5.61. The van der Waals surface area contributed by atoms with Crippen LogP contribution in [0.25, 0.3) is 0 Å². The van der Waals surface area contributed by atoms with Crippen LogP contribution in [0.2, 0.25) is 5.02 Å². The standard InChI is InChI=1S/C19H19ClN2O6S/c1-2-27-13-7-8-15(16(11-13)22(25)26)21-18(23)12-28-19(24)9-10-29-17-6-4-3-5-14(17)20/h3-8,11H,2,9-10,12H2,1H3,(H,21,23). The van der Waals surface area contributed by atoms with Crippen molar-refractivity contribution in [3.8, 4) is 5.75 Å². The molecule has 29 heavy (non-hydrogen) atoms. The van der Waals surface area contributed by atoms with Crippen LogP contribution < -0.4 is 10.1 Å². The average molecular weight is 439 g/mol. The molecule has 0 aliphatic carbocycles. The van der Waals surface area contributed by atoms with Crippen LogP contribution in [-0.2, 0) is 14.3 Å². The summed E-state index contributed by atoms with van der Waals surface area (Å²) in [5.74, 6) is -0.473. The number of hydrogen-bond donors (Lipinski definition) is 1. The van der Waals surface area contributed by atoms with E-state index in [1.807, 2.05) is 18.2 Å². The zero-order chi connectivity index (χ0) is 21.2. The van der Waals surface area contributed by atoms with Gasteiger partial charge in [0, 0.05) is 10.6 Å². The lowest BCUT2D eigenvalue weighted by Crippen LogP contribution is -2.21. The van der Waals surface area contributed by atoms with Gasteiger partial charge in [0.25, 0.3) is 11.6 Å². The van der Waals surface area contributed by atoms with Crippen LogP contribution in [0.3, 0.4) is 0 Å². The van der Waals surface area contributed by atoms with Crippen molar-refractivity contribution in [1.29, 1.82) is 0 Å². The minimum absolute atomic E-state index is 0.00576. The Morgan fingerprint density at radius 2 is 2.00 bits per heavy atom. The molecule has 0 aliphatic rings. The summed E-state index contributed by atoms with van der Waals surface area (Å²) in [5, 5.41) is 14.2. The maximum Gasteiger partial charge on any atom is 0.307 e. The van der Waals surface area contributed by atoms with Gasteiger partial charge in [-0.3, -0.25) is 19.7 Å². The first-order valence-electron chi connectivity index (χ1n) is 8.64. The van der Waals surface area contributed by atoms with Gasteiger partial charge in [-0.1, -0.05) is 23.7 Å². The molecule has 0 radical (unpaired) electrons.